The molecule has 8 heteroatoms. The summed E-state index contributed by atoms with van der Waals surface area (Å²) in [5.74, 6) is -3.30. The molecule has 0 saturated heterocycles. The van der Waals surface area contributed by atoms with Crippen LogP contribution in [0, 0.1) is 0 Å². The smallest absolute Gasteiger partial charge is 0.326 e. The average molecular weight is 360 g/mol. The number of benzene rings is 1. The molecule has 1 atom stereocenters. The molecule has 0 aromatic heterocycles. The van der Waals surface area contributed by atoms with E-state index < -0.39 is 23.9 Å². The fraction of sp³-hybridized carbons (Fsp3) is 0.308. The molecule has 1 amide bonds. The molecule has 4 N–H and O–H groups in total. The zero-order valence-corrected chi connectivity index (χ0v) is 12.5. The van der Waals surface area contributed by atoms with Crippen molar-refractivity contribution in [1.82, 2.24) is 5.32 Å². The highest BCUT2D eigenvalue weighted by atomic mass is 79.9. The number of aliphatic carboxylic acids is 2. The fourth-order valence-corrected chi connectivity index (χ4v) is 2.00. The summed E-state index contributed by atoms with van der Waals surface area (Å²) < 4.78 is 0.577. The van der Waals surface area contributed by atoms with Crippen LogP contribution in [0.4, 0.5) is 0 Å². The van der Waals surface area contributed by atoms with Crippen molar-refractivity contribution in [3.63, 3.8) is 0 Å². The Bertz CT molecular complexity index is 560. The SMILES string of the molecule is O=C(O)CCC[C@@H](NC(=O)c1ccc(Br)cc1O)C(=O)O. The Hall–Kier alpha value is -2.09. The number of carboxylic acids is 2. The Morgan fingerprint density at radius 1 is 1.24 bits per heavy atom. The maximum Gasteiger partial charge on any atom is 0.326 e. The van der Waals surface area contributed by atoms with Crippen LogP contribution >= 0.6 is 15.9 Å². The third-order valence-electron chi connectivity index (χ3n) is 2.69. The lowest BCUT2D eigenvalue weighted by molar-refractivity contribution is -0.140. The number of amides is 1. The number of phenolic OH excluding ortho intramolecular Hbond substituents is 1. The van der Waals surface area contributed by atoms with Crippen molar-refractivity contribution in [2.45, 2.75) is 25.3 Å². The first-order valence-electron chi connectivity index (χ1n) is 6.05. The summed E-state index contributed by atoms with van der Waals surface area (Å²) in [5.41, 5.74) is -0.0531. The molecule has 1 aromatic rings. The molecule has 0 unspecified atom stereocenters. The van der Waals surface area contributed by atoms with Crippen molar-refractivity contribution in [3.8, 4) is 5.75 Å². The molecular weight excluding hydrogens is 346 g/mol. The molecule has 1 rings (SSSR count). The molecule has 0 fully saturated rings. The van der Waals surface area contributed by atoms with E-state index in [2.05, 4.69) is 21.2 Å². The first-order chi connectivity index (χ1) is 9.81. The van der Waals surface area contributed by atoms with E-state index in [0.29, 0.717) is 4.47 Å². The Balaban J connectivity index is 2.72. The maximum absolute atomic E-state index is 11.9. The molecule has 0 radical (unpaired) electrons. The van der Waals surface area contributed by atoms with Crippen LogP contribution in [0.5, 0.6) is 5.75 Å². The molecule has 0 spiro atoms. The molecule has 21 heavy (non-hydrogen) atoms. The highest BCUT2D eigenvalue weighted by molar-refractivity contribution is 9.10. The number of carboxylic acid groups (broad SMARTS) is 2. The van der Waals surface area contributed by atoms with Gasteiger partial charge in [0.2, 0.25) is 0 Å². The molecule has 0 heterocycles. The highest BCUT2D eigenvalue weighted by Crippen LogP contribution is 2.22. The highest BCUT2D eigenvalue weighted by Gasteiger charge is 2.22. The second-order valence-corrected chi connectivity index (χ2v) is 5.23. The largest absolute Gasteiger partial charge is 0.507 e. The van der Waals surface area contributed by atoms with Gasteiger partial charge in [0, 0.05) is 10.9 Å². The van der Waals surface area contributed by atoms with Gasteiger partial charge in [0.25, 0.3) is 5.91 Å². The number of carbonyl (C=O) groups excluding carboxylic acids is 1. The monoisotopic (exact) mass is 359 g/mol. The van der Waals surface area contributed by atoms with Gasteiger partial charge < -0.3 is 20.6 Å². The Morgan fingerprint density at radius 3 is 2.43 bits per heavy atom. The number of hydrogen-bond acceptors (Lipinski definition) is 4. The number of halogens is 1. The minimum absolute atomic E-state index is 0.00926. The topological polar surface area (TPSA) is 124 Å². The number of nitrogens with one attached hydrogen (secondary N) is 1. The van der Waals surface area contributed by atoms with Crippen LogP contribution in [0.25, 0.3) is 0 Å². The van der Waals surface area contributed by atoms with E-state index >= 15 is 0 Å². The Labute approximate surface area is 128 Å². The lowest BCUT2D eigenvalue weighted by atomic mass is 10.1. The minimum Gasteiger partial charge on any atom is -0.507 e. The van der Waals surface area contributed by atoms with Crippen LogP contribution in [-0.2, 0) is 9.59 Å². The van der Waals surface area contributed by atoms with Gasteiger partial charge in [-0.25, -0.2) is 4.79 Å². The summed E-state index contributed by atoms with van der Waals surface area (Å²) in [4.78, 5) is 33.4. The van der Waals surface area contributed by atoms with E-state index in [1.165, 1.54) is 18.2 Å². The van der Waals surface area contributed by atoms with Gasteiger partial charge in [0.1, 0.15) is 11.8 Å². The van der Waals surface area contributed by atoms with Crippen LogP contribution in [-0.4, -0.2) is 39.2 Å². The number of phenols is 1. The Kier molecular flexibility index (Phi) is 6.16. The van der Waals surface area contributed by atoms with Crippen LogP contribution in [0.15, 0.2) is 22.7 Å². The molecule has 0 aliphatic heterocycles. The summed E-state index contributed by atoms with van der Waals surface area (Å²) in [7, 11) is 0. The number of carbonyl (C=O) groups is 3. The summed E-state index contributed by atoms with van der Waals surface area (Å²) in [6, 6.07) is 2.99. The van der Waals surface area contributed by atoms with Crippen LogP contribution in [0.3, 0.4) is 0 Å². The van der Waals surface area contributed by atoms with E-state index in [0.717, 1.165) is 0 Å². The second-order valence-electron chi connectivity index (χ2n) is 4.31. The second kappa shape index (κ2) is 7.63. The molecule has 0 saturated carbocycles. The van der Waals surface area contributed by atoms with Crippen molar-refractivity contribution in [2.24, 2.45) is 0 Å². The van der Waals surface area contributed by atoms with Gasteiger partial charge in [-0.05, 0) is 31.0 Å². The van der Waals surface area contributed by atoms with Crippen molar-refractivity contribution < 1.29 is 29.7 Å². The third kappa shape index (κ3) is 5.42. The standard InChI is InChI=1S/C13H14BrNO6/c14-7-4-5-8(10(16)6-7)12(19)15-9(13(20)21)2-1-3-11(17)18/h4-6,9,16H,1-3H2,(H,15,19)(H,17,18)(H,20,21)/t9-/m1/s1. The maximum atomic E-state index is 11.9. The van der Waals surface area contributed by atoms with Crippen LogP contribution in [0.1, 0.15) is 29.6 Å². The van der Waals surface area contributed by atoms with E-state index in [-0.39, 0.29) is 30.6 Å². The first-order valence-corrected chi connectivity index (χ1v) is 6.84. The lowest BCUT2D eigenvalue weighted by Crippen LogP contribution is -2.40. The van der Waals surface area contributed by atoms with Crippen molar-refractivity contribution >= 4 is 33.8 Å². The summed E-state index contributed by atoms with van der Waals surface area (Å²) >= 11 is 3.13. The van der Waals surface area contributed by atoms with Gasteiger partial charge in [0.15, 0.2) is 0 Å². The van der Waals surface area contributed by atoms with Crippen LogP contribution in [0.2, 0.25) is 0 Å². The molecule has 114 valence electrons. The average Bonchev–Trinajstić information content (AvgIpc) is 2.36. The van der Waals surface area contributed by atoms with E-state index in [9.17, 15) is 19.5 Å². The molecular formula is C13H14BrNO6. The van der Waals surface area contributed by atoms with Crippen molar-refractivity contribution in [3.05, 3.63) is 28.2 Å². The first kappa shape index (κ1) is 17.0. The summed E-state index contributed by atoms with van der Waals surface area (Å²) in [6.45, 7) is 0. The van der Waals surface area contributed by atoms with Crippen LogP contribution < -0.4 is 5.32 Å². The van der Waals surface area contributed by atoms with Crippen molar-refractivity contribution in [1.29, 1.82) is 0 Å². The van der Waals surface area contributed by atoms with E-state index in [1.807, 2.05) is 0 Å². The van der Waals surface area contributed by atoms with E-state index in [4.69, 9.17) is 10.2 Å². The lowest BCUT2D eigenvalue weighted by Gasteiger charge is -2.14. The van der Waals surface area contributed by atoms with Crippen molar-refractivity contribution in [2.75, 3.05) is 0 Å². The van der Waals surface area contributed by atoms with Gasteiger partial charge in [0.05, 0.1) is 5.56 Å². The predicted octanol–water partition coefficient (Wildman–Crippen LogP) is 1.59. The summed E-state index contributed by atoms with van der Waals surface area (Å²) in [5, 5.41) is 29.4. The number of rotatable bonds is 7. The quantitative estimate of drug-likeness (QED) is 0.586. The zero-order valence-electron chi connectivity index (χ0n) is 10.9. The summed E-state index contributed by atoms with van der Waals surface area (Å²) in [6.07, 6.45) is -0.0628. The Morgan fingerprint density at radius 2 is 1.90 bits per heavy atom. The molecule has 0 bridgehead atoms. The normalized spacial score (nSPS) is 11.7. The third-order valence-corrected chi connectivity index (χ3v) is 3.18. The van der Waals surface area contributed by atoms with Gasteiger partial charge in [-0.1, -0.05) is 15.9 Å². The molecule has 0 aliphatic rings. The van der Waals surface area contributed by atoms with E-state index in [1.54, 1.807) is 0 Å². The zero-order chi connectivity index (χ0) is 16.0. The molecule has 1 aromatic carbocycles. The number of hydrogen-bond donors (Lipinski definition) is 4. The van der Waals surface area contributed by atoms with Gasteiger partial charge >= 0.3 is 11.9 Å². The van der Waals surface area contributed by atoms with Gasteiger partial charge in [-0.3, -0.25) is 9.59 Å². The fourth-order valence-electron chi connectivity index (χ4n) is 1.65. The van der Waals surface area contributed by atoms with Gasteiger partial charge in [-0.2, -0.15) is 0 Å². The van der Waals surface area contributed by atoms with Gasteiger partial charge in [-0.15, -0.1) is 0 Å². The minimum atomic E-state index is -1.26. The predicted molar refractivity (Wildman–Crippen MR) is 76.2 cm³/mol. The molecule has 7 nitrogen and oxygen atoms in total. The number of aromatic hydroxyl groups is 1. The molecule has 0 aliphatic carbocycles.